The first kappa shape index (κ1) is 30.5. The summed E-state index contributed by atoms with van der Waals surface area (Å²) in [5.41, 5.74) is 13.1. The number of hydrogen-bond donors (Lipinski definition) is 7. The molecule has 43 heavy (non-hydrogen) atoms. The van der Waals surface area contributed by atoms with Crippen molar-refractivity contribution in [3.63, 3.8) is 0 Å². The lowest BCUT2D eigenvalue weighted by Gasteiger charge is -2.26. The summed E-state index contributed by atoms with van der Waals surface area (Å²) in [5, 5.41) is 31.6. The van der Waals surface area contributed by atoms with Gasteiger partial charge in [0.1, 0.15) is 51.0 Å². The topological polar surface area (TPSA) is 252 Å². The van der Waals surface area contributed by atoms with Gasteiger partial charge in [-0.3, -0.25) is 9.13 Å². The normalized spacial score (nSPS) is 29.1. The second-order valence-corrected chi connectivity index (χ2v) is 13.6. The van der Waals surface area contributed by atoms with E-state index in [1.165, 1.54) is 24.3 Å². The van der Waals surface area contributed by atoms with Crippen molar-refractivity contribution in [3.8, 4) is 0 Å². The maximum absolute atomic E-state index is 10.8. The Labute approximate surface area is 257 Å². The first-order chi connectivity index (χ1) is 20.5. The van der Waals surface area contributed by atoms with Gasteiger partial charge in [0.05, 0.1) is 32.0 Å². The van der Waals surface area contributed by atoms with Crippen LogP contribution in [0.15, 0.2) is 12.7 Å². The molecule has 9 N–H and O–H groups in total. The number of rotatable bonds is 9. The SMILES string of the molecule is COP(=S)(OCC1OC(n2cnc3c(=S)[nH]c(N)nc32)C(O)C1O)O[C@@H]1C[C@H](n2cnc3c(=S)[nH]c(N)nc32)OC1CO. The number of ether oxygens (including phenoxy) is 2. The summed E-state index contributed by atoms with van der Waals surface area (Å²) in [6.07, 6.45) is -3.94. The maximum Gasteiger partial charge on any atom is 0.327 e. The van der Waals surface area contributed by atoms with Crippen LogP contribution in [0.4, 0.5) is 11.9 Å². The monoisotopic (exact) mass is 674 g/mol. The number of aliphatic hydroxyl groups excluding tert-OH is 3. The van der Waals surface area contributed by atoms with Gasteiger partial charge >= 0.3 is 6.72 Å². The van der Waals surface area contributed by atoms with Crippen molar-refractivity contribution in [2.24, 2.45) is 0 Å². The van der Waals surface area contributed by atoms with Gasteiger partial charge in [-0.1, -0.05) is 24.4 Å². The molecule has 4 aromatic rings. The molecule has 6 unspecified atom stereocenters. The fraction of sp³-hybridized carbons (Fsp3) is 0.524. The van der Waals surface area contributed by atoms with Gasteiger partial charge in [0, 0.05) is 13.5 Å². The Kier molecular flexibility index (Phi) is 8.34. The third kappa shape index (κ3) is 5.60. The number of anilines is 2. The molecule has 0 aliphatic carbocycles. The summed E-state index contributed by atoms with van der Waals surface area (Å²) in [6.45, 7) is -4.16. The van der Waals surface area contributed by atoms with E-state index in [1.807, 2.05) is 0 Å². The van der Waals surface area contributed by atoms with Crippen molar-refractivity contribution < 1.29 is 38.4 Å². The van der Waals surface area contributed by atoms with Gasteiger partial charge in [-0.15, -0.1) is 0 Å². The van der Waals surface area contributed by atoms with Crippen LogP contribution in [0.3, 0.4) is 0 Å². The van der Waals surface area contributed by atoms with Crippen molar-refractivity contribution in [2.75, 3.05) is 31.8 Å². The van der Waals surface area contributed by atoms with E-state index in [0.717, 1.165) is 0 Å². The lowest BCUT2D eigenvalue weighted by atomic mass is 10.1. The molecular formula is C21H27N10O8PS3. The molecule has 2 aliphatic rings. The number of aliphatic hydroxyl groups is 3. The maximum atomic E-state index is 10.8. The number of H-pyrrole nitrogens is 2. The van der Waals surface area contributed by atoms with E-state index in [4.69, 9.17) is 70.8 Å². The second kappa shape index (κ2) is 11.8. The van der Waals surface area contributed by atoms with Crippen molar-refractivity contribution in [2.45, 2.75) is 49.4 Å². The summed E-state index contributed by atoms with van der Waals surface area (Å²) in [5.74, 6) is 0.163. The second-order valence-electron chi connectivity index (χ2n) is 9.71. The van der Waals surface area contributed by atoms with Crippen LogP contribution in [0.1, 0.15) is 18.9 Å². The van der Waals surface area contributed by atoms with E-state index in [9.17, 15) is 15.3 Å². The minimum atomic E-state index is -3.48. The Bertz CT molecular complexity index is 1830. The van der Waals surface area contributed by atoms with Crippen molar-refractivity contribution in [1.82, 2.24) is 39.0 Å². The van der Waals surface area contributed by atoms with Crippen LogP contribution in [-0.2, 0) is 34.9 Å². The Hall–Kier alpha value is -2.53. The van der Waals surface area contributed by atoms with Gasteiger partial charge < -0.3 is 59.8 Å². The number of imidazole rings is 2. The van der Waals surface area contributed by atoms with E-state index in [-0.39, 0.29) is 41.8 Å². The fourth-order valence-electron chi connectivity index (χ4n) is 4.98. The number of nitrogens with two attached hydrogens (primary N) is 2. The molecule has 22 heteroatoms. The predicted molar refractivity (Wildman–Crippen MR) is 158 cm³/mol. The molecule has 0 bridgehead atoms. The highest BCUT2D eigenvalue weighted by Gasteiger charge is 2.46. The molecule has 2 saturated heterocycles. The largest absolute Gasteiger partial charge is 0.394 e. The smallest absolute Gasteiger partial charge is 0.327 e. The van der Waals surface area contributed by atoms with E-state index in [2.05, 4.69) is 29.9 Å². The number of nitrogen functional groups attached to an aromatic ring is 2. The van der Waals surface area contributed by atoms with Crippen LogP contribution < -0.4 is 11.5 Å². The third-order valence-electron chi connectivity index (χ3n) is 7.07. The number of hydrogen-bond acceptors (Lipinski definition) is 17. The lowest BCUT2D eigenvalue weighted by Crippen LogP contribution is -2.34. The molecule has 6 rings (SSSR count). The highest BCUT2D eigenvalue weighted by molar-refractivity contribution is 8.07. The minimum Gasteiger partial charge on any atom is -0.394 e. The Morgan fingerprint density at radius 2 is 1.60 bits per heavy atom. The predicted octanol–water partition coefficient (Wildman–Crippen LogP) is 0.327. The van der Waals surface area contributed by atoms with Gasteiger partial charge in [0.15, 0.2) is 17.5 Å². The first-order valence-corrected chi connectivity index (χ1v) is 16.1. The number of nitrogens with one attached hydrogen (secondary N) is 2. The summed E-state index contributed by atoms with van der Waals surface area (Å²) >= 11 is 16.1. The molecule has 0 spiro atoms. The molecule has 0 amide bonds. The van der Waals surface area contributed by atoms with Crippen LogP contribution in [0.25, 0.3) is 22.3 Å². The molecule has 0 saturated carbocycles. The Morgan fingerprint density at radius 1 is 1.00 bits per heavy atom. The number of aromatic amines is 2. The number of nitrogens with zero attached hydrogens (tertiary/aromatic N) is 6. The zero-order chi connectivity index (χ0) is 30.6. The standard InChI is InChI=1S/C21H27N10O8PS3/c1-35-40(43,39-7-2-10(37-8(7)3-32)30-5-24-11-15(30)26-20(22)28-17(11)41)36-4-9-13(33)14(34)19(38-9)31-6-25-12-16(31)27-21(23)29-18(12)42/h5-10,13-14,19,32-34H,2-4H2,1H3,(H3,22,26,28,41)(H3,23,27,29,42)/t7-,8?,9?,10-,13?,14?,19?,40?/m1/s1. The van der Waals surface area contributed by atoms with Crippen LogP contribution in [0, 0.1) is 9.28 Å². The lowest BCUT2D eigenvalue weighted by molar-refractivity contribution is -0.0553. The molecule has 18 nitrogen and oxygen atoms in total. The summed E-state index contributed by atoms with van der Waals surface area (Å²) < 4.78 is 33.0. The van der Waals surface area contributed by atoms with Crippen LogP contribution >= 0.6 is 31.2 Å². The average Bonchev–Trinajstić information content (AvgIpc) is 3.73. The minimum absolute atomic E-state index is 0.0506. The van der Waals surface area contributed by atoms with Crippen LogP contribution in [-0.4, -0.2) is 105 Å². The molecule has 6 heterocycles. The van der Waals surface area contributed by atoms with E-state index >= 15 is 0 Å². The summed E-state index contributed by atoms with van der Waals surface area (Å²) in [6, 6.07) is 0. The van der Waals surface area contributed by atoms with Gasteiger partial charge in [0.25, 0.3) is 0 Å². The fourth-order valence-corrected chi connectivity index (χ4v) is 7.13. The van der Waals surface area contributed by atoms with Gasteiger partial charge in [0.2, 0.25) is 11.9 Å². The van der Waals surface area contributed by atoms with Crippen molar-refractivity contribution in [3.05, 3.63) is 21.9 Å². The zero-order valence-corrected chi connectivity index (χ0v) is 25.6. The number of fused-ring (bicyclic) bond motifs is 2. The van der Waals surface area contributed by atoms with Gasteiger partial charge in [-0.25, -0.2) is 9.97 Å². The van der Waals surface area contributed by atoms with E-state index in [0.29, 0.717) is 21.3 Å². The summed E-state index contributed by atoms with van der Waals surface area (Å²) in [7, 11) is 1.32. The van der Waals surface area contributed by atoms with Crippen LogP contribution in [0.5, 0.6) is 0 Å². The quantitative estimate of drug-likeness (QED) is 0.0932. The molecular weight excluding hydrogens is 647 g/mol. The van der Waals surface area contributed by atoms with Gasteiger partial charge in [-0.05, 0) is 11.8 Å². The highest BCUT2D eigenvalue weighted by atomic mass is 32.5. The Balaban J connectivity index is 1.15. The molecule has 0 aromatic carbocycles. The summed E-state index contributed by atoms with van der Waals surface area (Å²) in [4.78, 5) is 22.4. The number of aromatic nitrogens is 8. The highest BCUT2D eigenvalue weighted by Crippen LogP contribution is 2.53. The van der Waals surface area contributed by atoms with E-state index < -0.39 is 49.7 Å². The molecule has 4 aromatic heterocycles. The molecule has 2 aliphatic heterocycles. The Morgan fingerprint density at radius 3 is 2.21 bits per heavy atom. The van der Waals surface area contributed by atoms with Crippen molar-refractivity contribution >= 4 is 77.2 Å². The zero-order valence-electron chi connectivity index (χ0n) is 22.2. The first-order valence-electron chi connectivity index (χ1n) is 12.7. The van der Waals surface area contributed by atoms with Gasteiger partial charge in [-0.2, -0.15) is 9.97 Å². The molecule has 232 valence electrons. The van der Waals surface area contributed by atoms with E-state index in [1.54, 1.807) is 4.57 Å². The average molecular weight is 675 g/mol. The molecule has 2 fully saturated rings. The van der Waals surface area contributed by atoms with Crippen molar-refractivity contribution in [1.29, 1.82) is 0 Å². The third-order valence-corrected chi connectivity index (χ3v) is 10.1. The van der Waals surface area contributed by atoms with Crippen LogP contribution in [0.2, 0.25) is 0 Å². The molecule has 8 atom stereocenters. The molecule has 0 radical (unpaired) electrons.